The van der Waals surface area contributed by atoms with E-state index in [0.29, 0.717) is 24.4 Å². The summed E-state index contributed by atoms with van der Waals surface area (Å²) in [7, 11) is 0. The number of rotatable bonds is 7. The number of anilines is 1. The molecule has 0 spiro atoms. The minimum absolute atomic E-state index is 0.0232. The van der Waals surface area contributed by atoms with Crippen LogP contribution in [0.4, 0.5) is 10.5 Å². The zero-order chi connectivity index (χ0) is 19.2. The molecule has 2 aromatic carbocycles. The first kappa shape index (κ1) is 18.6. The van der Waals surface area contributed by atoms with E-state index in [-0.39, 0.29) is 25.2 Å². The highest BCUT2D eigenvalue weighted by molar-refractivity contribution is 6.12. The molecule has 0 atom stereocenters. The molecule has 3 amide bonds. The molecule has 1 heterocycles. The van der Waals surface area contributed by atoms with Gasteiger partial charge in [-0.15, -0.1) is 0 Å². The van der Waals surface area contributed by atoms with Gasteiger partial charge in [0.25, 0.3) is 5.91 Å². The van der Waals surface area contributed by atoms with Crippen molar-refractivity contribution in [1.29, 1.82) is 0 Å². The van der Waals surface area contributed by atoms with E-state index in [1.165, 1.54) is 9.80 Å². The second kappa shape index (κ2) is 8.46. The van der Waals surface area contributed by atoms with Crippen molar-refractivity contribution >= 4 is 23.6 Å². The summed E-state index contributed by atoms with van der Waals surface area (Å²) in [6.45, 7) is 2.71. The highest BCUT2D eigenvalue weighted by Crippen LogP contribution is 2.21. The second-order valence-electron chi connectivity index (χ2n) is 6.03. The van der Waals surface area contributed by atoms with Crippen LogP contribution in [0.15, 0.2) is 54.6 Å². The number of ether oxygens (including phenoxy) is 1. The largest absolute Gasteiger partial charge is 0.462 e. The maximum Gasteiger partial charge on any atom is 0.338 e. The number of amides is 3. The fraction of sp³-hybridized carbons (Fsp3) is 0.250. The Morgan fingerprint density at radius 3 is 2.44 bits per heavy atom. The number of nitrogens with zero attached hydrogens (tertiary/aromatic N) is 2. The molecular weight excluding hydrogens is 346 g/mol. The molecule has 0 aliphatic carbocycles. The lowest BCUT2D eigenvalue weighted by Crippen LogP contribution is -2.39. The first-order valence-electron chi connectivity index (χ1n) is 8.74. The Balaban J connectivity index is 1.60. The van der Waals surface area contributed by atoms with E-state index < -0.39 is 5.97 Å². The lowest BCUT2D eigenvalue weighted by molar-refractivity contribution is -0.125. The molecule has 1 saturated heterocycles. The van der Waals surface area contributed by atoms with Crippen LogP contribution in [0, 0.1) is 0 Å². The van der Waals surface area contributed by atoms with Crippen molar-refractivity contribution in [3.05, 3.63) is 65.7 Å². The maximum absolute atomic E-state index is 12.6. The quantitative estimate of drug-likeness (QED) is 0.600. The van der Waals surface area contributed by atoms with Gasteiger partial charge in [-0.05, 0) is 36.8 Å². The number of hydrogen-bond acceptors (Lipinski definition) is 5. The fourth-order valence-electron chi connectivity index (χ4n) is 2.80. The predicted molar refractivity (Wildman–Crippen MR) is 100 cm³/mol. The molecule has 0 unspecified atom stereocenters. The van der Waals surface area contributed by atoms with Crippen LogP contribution in [0.25, 0.3) is 0 Å². The van der Waals surface area contributed by atoms with Crippen molar-refractivity contribution in [3.8, 4) is 0 Å². The van der Waals surface area contributed by atoms with Gasteiger partial charge in [0.05, 0.1) is 18.8 Å². The molecule has 1 N–H and O–H groups in total. The minimum Gasteiger partial charge on any atom is -0.462 e. The van der Waals surface area contributed by atoms with Crippen LogP contribution in [-0.2, 0) is 16.1 Å². The van der Waals surface area contributed by atoms with Crippen molar-refractivity contribution in [2.45, 2.75) is 13.5 Å². The topological polar surface area (TPSA) is 79.0 Å². The third kappa shape index (κ3) is 4.32. The summed E-state index contributed by atoms with van der Waals surface area (Å²) in [6.07, 6.45) is 0. The number of hydrogen-bond donors (Lipinski definition) is 1. The normalized spacial score (nSPS) is 14.0. The number of nitrogens with one attached hydrogen (secondary N) is 1. The Bertz CT molecular complexity index is 821. The average Bonchev–Trinajstić information content (AvgIpc) is 2.97. The number of carbonyl (C=O) groups excluding carboxylic acids is 3. The molecule has 0 radical (unpaired) electrons. The first-order valence-corrected chi connectivity index (χ1v) is 8.74. The van der Waals surface area contributed by atoms with Gasteiger partial charge in [-0.2, -0.15) is 0 Å². The molecule has 27 heavy (non-hydrogen) atoms. The minimum atomic E-state index is -0.417. The number of benzene rings is 2. The van der Waals surface area contributed by atoms with E-state index >= 15 is 0 Å². The zero-order valence-corrected chi connectivity index (χ0v) is 15.1. The lowest BCUT2D eigenvalue weighted by Gasteiger charge is -2.18. The maximum atomic E-state index is 12.6. The molecule has 140 valence electrons. The smallest absolute Gasteiger partial charge is 0.338 e. The van der Waals surface area contributed by atoms with Crippen molar-refractivity contribution in [2.75, 3.05) is 24.7 Å². The molecule has 0 bridgehead atoms. The Morgan fingerprint density at radius 2 is 1.78 bits per heavy atom. The van der Waals surface area contributed by atoms with Crippen LogP contribution >= 0.6 is 0 Å². The number of esters is 1. The summed E-state index contributed by atoms with van der Waals surface area (Å²) < 4.78 is 4.94. The molecule has 0 aromatic heterocycles. The SMILES string of the molecule is CCOC(=O)c1ccc(N2CC(=O)N(CNCc3ccccc3)C2=O)cc1. The summed E-state index contributed by atoms with van der Waals surface area (Å²) >= 11 is 0. The molecule has 7 heteroatoms. The second-order valence-corrected chi connectivity index (χ2v) is 6.03. The van der Waals surface area contributed by atoms with Crippen LogP contribution in [0.2, 0.25) is 0 Å². The van der Waals surface area contributed by atoms with Gasteiger partial charge in [0, 0.05) is 12.2 Å². The molecule has 7 nitrogen and oxygen atoms in total. The molecule has 2 aromatic rings. The van der Waals surface area contributed by atoms with E-state index in [2.05, 4.69) is 5.32 Å². The van der Waals surface area contributed by atoms with Gasteiger partial charge >= 0.3 is 12.0 Å². The van der Waals surface area contributed by atoms with Crippen LogP contribution in [0.5, 0.6) is 0 Å². The van der Waals surface area contributed by atoms with E-state index in [4.69, 9.17) is 4.74 Å². The number of urea groups is 1. The van der Waals surface area contributed by atoms with Gasteiger partial charge < -0.3 is 4.74 Å². The Hall–Kier alpha value is -3.19. The number of imide groups is 1. The summed E-state index contributed by atoms with van der Waals surface area (Å²) in [6, 6.07) is 15.8. The standard InChI is InChI=1S/C20H21N3O4/c1-2-27-19(25)16-8-10-17(11-9-16)22-13-18(24)23(20(22)26)14-21-12-15-6-4-3-5-7-15/h3-11,21H,2,12-14H2,1H3. The van der Waals surface area contributed by atoms with E-state index in [1.807, 2.05) is 30.3 Å². The average molecular weight is 367 g/mol. The van der Waals surface area contributed by atoms with Gasteiger partial charge in [0.15, 0.2) is 0 Å². The van der Waals surface area contributed by atoms with Crippen molar-refractivity contribution in [3.63, 3.8) is 0 Å². The molecular formula is C20H21N3O4. The Kier molecular flexibility index (Phi) is 5.83. The van der Waals surface area contributed by atoms with Crippen molar-refractivity contribution < 1.29 is 19.1 Å². The first-order chi connectivity index (χ1) is 13.1. The number of carbonyl (C=O) groups is 3. The molecule has 1 aliphatic rings. The van der Waals surface area contributed by atoms with Crippen LogP contribution in [-0.4, -0.2) is 42.6 Å². The van der Waals surface area contributed by atoms with Crippen LogP contribution < -0.4 is 10.2 Å². The third-order valence-corrected chi connectivity index (χ3v) is 4.19. The molecule has 1 fully saturated rings. The van der Waals surface area contributed by atoms with E-state index in [1.54, 1.807) is 31.2 Å². The monoisotopic (exact) mass is 367 g/mol. The fourth-order valence-corrected chi connectivity index (χ4v) is 2.80. The van der Waals surface area contributed by atoms with Gasteiger partial charge in [-0.25, -0.2) is 14.5 Å². The van der Waals surface area contributed by atoms with E-state index in [9.17, 15) is 14.4 Å². The van der Waals surface area contributed by atoms with Crippen molar-refractivity contribution in [2.24, 2.45) is 0 Å². The predicted octanol–water partition coefficient (Wildman–Crippen LogP) is 2.38. The summed E-state index contributed by atoms with van der Waals surface area (Å²) in [5.41, 5.74) is 2.04. The summed E-state index contributed by atoms with van der Waals surface area (Å²) in [5.74, 6) is -0.686. The Morgan fingerprint density at radius 1 is 1.07 bits per heavy atom. The molecule has 1 aliphatic heterocycles. The zero-order valence-electron chi connectivity index (χ0n) is 15.1. The van der Waals surface area contributed by atoms with Crippen LogP contribution in [0.3, 0.4) is 0 Å². The highest BCUT2D eigenvalue weighted by Gasteiger charge is 2.36. The third-order valence-electron chi connectivity index (χ3n) is 4.19. The molecule has 3 rings (SSSR count). The van der Waals surface area contributed by atoms with Crippen molar-refractivity contribution in [1.82, 2.24) is 10.2 Å². The molecule has 0 saturated carbocycles. The lowest BCUT2D eigenvalue weighted by atomic mass is 10.2. The van der Waals surface area contributed by atoms with Gasteiger partial charge in [0.2, 0.25) is 0 Å². The van der Waals surface area contributed by atoms with Gasteiger partial charge in [-0.3, -0.25) is 15.0 Å². The summed E-state index contributed by atoms with van der Waals surface area (Å²) in [4.78, 5) is 39.1. The van der Waals surface area contributed by atoms with Gasteiger partial charge in [0.1, 0.15) is 6.54 Å². The van der Waals surface area contributed by atoms with Gasteiger partial charge in [-0.1, -0.05) is 30.3 Å². The van der Waals surface area contributed by atoms with E-state index in [0.717, 1.165) is 5.56 Å². The summed E-state index contributed by atoms with van der Waals surface area (Å²) in [5, 5.41) is 3.11. The Labute approximate surface area is 157 Å². The highest BCUT2D eigenvalue weighted by atomic mass is 16.5. The van der Waals surface area contributed by atoms with Crippen LogP contribution in [0.1, 0.15) is 22.8 Å².